The molecule has 2 heterocycles. The molecular weight excluding hydrogens is 192 g/mol. The van der Waals surface area contributed by atoms with E-state index in [4.69, 9.17) is 5.11 Å². The second-order valence-electron chi connectivity index (χ2n) is 2.52. The van der Waals surface area contributed by atoms with E-state index < -0.39 is 16.8 Å². The number of nitrogens with zero attached hydrogens (tertiary/aromatic N) is 2. The maximum Gasteiger partial charge on any atom is 0.346 e. The zero-order valence-electron chi connectivity index (χ0n) is 6.51. The van der Waals surface area contributed by atoms with Crippen LogP contribution in [0.15, 0.2) is 28.4 Å². The van der Waals surface area contributed by atoms with Crippen molar-refractivity contribution in [2.75, 3.05) is 6.54 Å². The van der Waals surface area contributed by atoms with Crippen LogP contribution >= 0.6 is 0 Å². The first kappa shape index (κ1) is 8.18. The fraction of sp³-hybridized carbons (Fsp3) is 0.143. The Balaban J connectivity index is 2.40. The van der Waals surface area contributed by atoms with Gasteiger partial charge in [0.1, 0.15) is 15.7 Å². The molecule has 0 bridgehead atoms. The van der Waals surface area contributed by atoms with E-state index in [0.717, 1.165) is 0 Å². The molecule has 0 aliphatic carbocycles. The summed E-state index contributed by atoms with van der Waals surface area (Å²) in [6.45, 7) is 0.529. The van der Waals surface area contributed by atoms with Crippen LogP contribution in [0.5, 0.6) is 0 Å². The van der Waals surface area contributed by atoms with Crippen molar-refractivity contribution in [2.24, 2.45) is 4.99 Å². The fourth-order valence-corrected chi connectivity index (χ4v) is 2.19. The topological polar surface area (TPSA) is 70.0 Å². The standard InChI is InChI=1S/C7H6N2O3S/c10-6(11)5-4-9-3-1-2-8-7(9)13(5)12/h1-2,4H,3H2,(H,10,11). The third-order valence-corrected chi connectivity index (χ3v) is 3.04. The molecule has 0 aromatic heterocycles. The highest BCUT2D eigenvalue weighted by Gasteiger charge is 2.32. The zero-order valence-corrected chi connectivity index (χ0v) is 7.32. The average molecular weight is 198 g/mol. The third-order valence-electron chi connectivity index (χ3n) is 1.69. The fourth-order valence-electron chi connectivity index (χ4n) is 1.11. The Morgan fingerprint density at radius 2 is 2.46 bits per heavy atom. The summed E-state index contributed by atoms with van der Waals surface area (Å²) in [6.07, 6.45) is 4.66. The number of aliphatic carboxylic acids is 1. The molecule has 2 aliphatic heterocycles. The Morgan fingerprint density at radius 3 is 3.08 bits per heavy atom. The van der Waals surface area contributed by atoms with E-state index in [0.29, 0.717) is 11.7 Å². The lowest BCUT2D eigenvalue weighted by Gasteiger charge is -2.14. The first-order valence-electron chi connectivity index (χ1n) is 3.56. The lowest BCUT2D eigenvalue weighted by Crippen LogP contribution is -2.25. The second-order valence-corrected chi connectivity index (χ2v) is 3.86. The maximum absolute atomic E-state index is 11.4. The van der Waals surface area contributed by atoms with Crippen LogP contribution in [0.25, 0.3) is 0 Å². The highest BCUT2D eigenvalue weighted by atomic mass is 32.2. The summed E-state index contributed by atoms with van der Waals surface area (Å²) in [5, 5.41) is 8.97. The summed E-state index contributed by atoms with van der Waals surface area (Å²) >= 11 is 0. The highest BCUT2D eigenvalue weighted by Crippen LogP contribution is 2.20. The van der Waals surface area contributed by atoms with Crippen molar-refractivity contribution < 1.29 is 14.1 Å². The minimum Gasteiger partial charge on any atom is -0.477 e. The van der Waals surface area contributed by atoms with Gasteiger partial charge in [0.05, 0.1) is 0 Å². The number of aliphatic imine (C=N–C) groups is 1. The van der Waals surface area contributed by atoms with Crippen molar-refractivity contribution in [2.45, 2.75) is 0 Å². The van der Waals surface area contributed by atoms with Gasteiger partial charge in [0.25, 0.3) is 0 Å². The quantitative estimate of drug-likeness (QED) is 0.636. The number of carboxylic acids is 1. The molecule has 0 radical (unpaired) electrons. The molecule has 0 amide bonds. The Morgan fingerprint density at radius 1 is 1.69 bits per heavy atom. The molecule has 1 atom stereocenters. The van der Waals surface area contributed by atoms with Gasteiger partial charge in [0.15, 0.2) is 0 Å². The number of hydrogen-bond acceptors (Lipinski definition) is 4. The summed E-state index contributed by atoms with van der Waals surface area (Å²) in [5.74, 6) is -1.16. The molecule has 0 aromatic carbocycles. The van der Waals surface area contributed by atoms with E-state index in [9.17, 15) is 9.00 Å². The molecule has 68 valence electrons. The van der Waals surface area contributed by atoms with Crippen LogP contribution in [0.3, 0.4) is 0 Å². The van der Waals surface area contributed by atoms with E-state index in [2.05, 4.69) is 4.99 Å². The second kappa shape index (κ2) is 2.81. The maximum atomic E-state index is 11.4. The van der Waals surface area contributed by atoms with Crippen LogP contribution in [0.1, 0.15) is 0 Å². The van der Waals surface area contributed by atoms with Gasteiger partial charge in [-0.25, -0.2) is 14.0 Å². The van der Waals surface area contributed by atoms with Crippen molar-refractivity contribution >= 4 is 21.9 Å². The van der Waals surface area contributed by atoms with Gasteiger partial charge in [-0.2, -0.15) is 0 Å². The van der Waals surface area contributed by atoms with Crippen molar-refractivity contribution in [3.63, 3.8) is 0 Å². The van der Waals surface area contributed by atoms with Crippen LogP contribution in [-0.2, 0) is 15.6 Å². The van der Waals surface area contributed by atoms with Gasteiger partial charge in [0.2, 0.25) is 5.17 Å². The smallest absolute Gasteiger partial charge is 0.346 e. The number of hydrogen-bond donors (Lipinski definition) is 1. The molecule has 1 unspecified atom stereocenters. The summed E-state index contributed by atoms with van der Waals surface area (Å²) in [5.41, 5.74) is 0. The minimum absolute atomic E-state index is 0.109. The third kappa shape index (κ3) is 1.19. The van der Waals surface area contributed by atoms with Gasteiger partial charge in [-0.1, -0.05) is 0 Å². The zero-order chi connectivity index (χ0) is 9.42. The molecule has 13 heavy (non-hydrogen) atoms. The average Bonchev–Trinajstić information content (AvgIpc) is 2.45. The first-order chi connectivity index (χ1) is 6.20. The number of carboxylic acid groups (broad SMARTS) is 1. The van der Waals surface area contributed by atoms with Crippen molar-refractivity contribution in [3.05, 3.63) is 23.4 Å². The molecule has 2 rings (SSSR count). The summed E-state index contributed by atoms with van der Waals surface area (Å²) in [6, 6.07) is 0. The van der Waals surface area contributed by atoms with Crippen molar-refractivity contribution in [1.82, 2.24) is 4.90 Å². The van der Waals surface area contributed by atoms with E-state index >= 15 is 0 Å². The van der Waals surface area contributed by atoms with Gasteiger partial charge in [-0.05, 0) is 6.08 Å². The Bertz CT molecular complexity index is 383. The van der Waals surface area contributed by atoms with Gasteiger partial charge < -0.3 is 10.0 Å². The normalized spacial score (nSPS) is 25.2. The first-order valence-corrected chi connectivity index (χ1v) is 4.71. The number of rotatable bonds is 1. The monoisotopic (exact) mass is 198 g/mol. The van der Waals surface area contributed by atoms with Crippen LogP contribution < -0.4 is 0 Å². The van der Waals surface area contributed by atoms with Crippen LogP contribution in [-0.4, -0.2) is 31.9 Å². The Hall–Kier alpha value is -1.43. The summed E-state index contributed by atoms with van der Waals surface area (Å²) in [7, 11) is -1.62. The van der Waals surface area contributed by atoms with Crippen LogP contribution in [0.2, 0.25) is 0 Å². The van der Waals surface area contributed by atoms with Gasteiger partial charge in [-0.15, -0.1) is 0 Å². The van der Waals surface area contributed by atoms with Crippen molar-refractivity contribution in [1.29, 1.82) is 0 Å². The summed E-state index contributed by atoms with van der Waals surface area (Å²) in [4.78, 5) is 15.9. The number of carbonyl (C=O) groups is 1. The van der Waals surface area contributed by atoms with Gasteiger partial charge in [0, 0.05) is 18.9 Å². The number of amidine groups is 1. The van der Waals surface area contributed by atoms with Crippen LogP contribution in [0, 0.1) is 0 Å². The predicted octanol–water partition coefficient (Wildman–Crippen LogP) is -0.140. The van der Waals surface area contributed by atoms with E-state index in [1.54, 1.807) is 11.0 Å². The van der Waals surface area contributed by atoms with Gasteiger partial charge in [-0.3, -0.25) is 0 Å². The predicted molar refractivity (Wildman–Crippen MR) is 47.1 cm³/mol. The lowest BCUT2D eigenvalue weighted by atomic mass is 10.5. The van der Waals surface area contributed by atoms with E-state index in [-0.39, 0.29) is 4.91 Å². The molecule has 2 aliphatic rings. The number of fused-ring (bicyclic) bond motifs is 1. The molecule has 6 heteroatoms. The van der Waals surface area contributed by atoms with E-state index in [1.807, 2.05) is 0 Å². The molecule has 0 saturated carbocycles. The molecule has 0 aromatic rings. The molecule has 0 fully saturated rings. The van der Waals surface area contributed by atoms with Crippen molar-refractivity contribution in [3.8, 4) is 0 Å². The van der Waals surface area contributed by atoms with Gasteiger partial charge >= 0.3 is 5.97 Å². The Labute approximate surface area is 76.5 Å². The summed E-state index contributed by atoms with van der Waals surface area (Å²) < 4.78 is 11.4. The molecule has 0 spiro atoms. The highest BCUT2D eigenvalue weighted by molar-refractivity contribution is 8.05. The molecular formula is C7H6N2O3S. The minimum atomic E-state index is -1.62. The molecule has 1 N–H and O–H groups in total. The Kier molecular flexibility index (Phi) is 1.77. The molecule has 0 saturated heterocycles. The SMILES string of the molecule is O=C(O)C1=CN2CC=CN=C2S1=O. The lowest BCUT2D eigenvalue weighted by molar-refractivity contribution is -0.131. The largest absolute Gasteiger partial charge is 0.477 e. The molecule has 5 nitrogen and oxygen atoms in total. The van der Waals surface area contributed by atoms with Crippen LogP contribution in [0.4, 0.5) is 0 Å². The van der Waals surface area contributed by atoms with E-state index in [1.165, 1.54) is 12.4 Å².